The molecule has 0 saturated carbocycles. The van der Waals surface area contributed by atoms with E-state index in [9.17, 15) is 4.79 Å². The summed E-state index contributed by atoms with van der Waals surface area (Å²) in [6.07, 6.45) is 0.610. The van der Waals surface area contributed by atoms with Crippen LogP contribution >= 0.6 is 0 Å². The summed E-state index contributed by atoms with van der Waals surface area (Å²) in [5.74, 6) is 1.89. The summed E-state index contributed by atoms with van der Waals surface area (Å²) >= 11 is 0. The lowest BCUT2D eigenvalue weighted by molar-refractivity contribution is -0.123. The van der Waals surface area contributed by atoms with Gasteiger partial charge in [0, 0.05) is 18.5 Å². The number of ether oxygens (including phenoxy) is 1. The van der Waals surface area contributed by atoms with E-state index < -0.39 is 0 Å². The summed E-state index contributed by atoms with van der Waals surface area (Å²) in [6, 6.07) is 19.0. The number of nitrogens with zero attached hydrogens (tertiary/aromatic N) is 1. The monoisotopic (exact) mass is 336 g/mol. The summed E-state index contributed by atoms with van der Waals surface area (Å²) in [4.78, 5) is 16.4. The Hall–Kier alpha value is -3.08. The van der Waals surface area contributed by atoms with Gasteiger partial charge < -0.3 is 14.5 Å². The first kappa shape index (κ1) is 16.8. The Balaban J connectivity index is 1.47. The van der Waals surface area contributed by atoms with E-state index in [0.29, 0.717) is 24.6 Å². The van der Waals surface area contributed by atoms with E-state index in [1.807, 2.05) is 67.6 Å². The number of benzene rings is 2. The maximum absolute atomic E-state index is 11.8. The van der Waals surface area contributed by atoms with Crippen LogP contribution in [-0.4, -0.2) is 24.0 Å². The van der Waals surface area contributed by atoms with Crippen molar-refractivity contribution in [2.75, 3.05) is 13.2 Å². The highest BCUT2D eigenvalue weighted by Gasteiger charge is 2.11. The first-order valence-electron chi connectivity index (χ1n) is 8.18. The minimum atomic E-state index is -0.159. The SMILES string of the molecule is Cc1oc(-c2ccccc2)nc1CCNC(=O)COc1ccccc1. The van der Waals surface area contributed by atoms with Gasteiger partial charge >= 0.3 is 0 Å². The third-order valence-electron chi connectivity index (χ3n) is 3.71. The summed E-state index contributed by atoms with van der Waals surface area (Å²) in [5, 5.41) is 2.83. The number of hydrogen-bond donors (Lipinski definition) is 1. The number of amides is 1. The van der Waals surface area contributed by atoms with Crippen LogP contribution in [0.15, 0.2) is 65.1 Å². The normalized spacial score (nSPS) is 10.4. The second-order valence-corrected chi connectivity index (χ2v) is 5.59. The molecular formula is C20H20N2O3. The number of oxazole rings is 1. The van der Waals surface area contributed by atoms with Gasteiger partial charge in [-0.3, -0.25) is 4.79 Å². The summed E-state index contributed by atoms with van der Waals surface area (Å²) in [5.41, 5.74) is 1.79. The molecule has 0 fully saturated rings. The molecule has 0 atom stereocenters. The highest BCUT2D eigenvalue weighted by atomic mass is 16.5. The van der Waals surface area contributed by atoms with Crippen LogP contribution in [0.2, 0.25) is 0 Å². The predicted octanol–water partition coefficient (Wildman–Crippen LogP) is 3.39. The van der Waals surface area contributed by atoms with Crippen molar-refractivity contribution in [3.8, 4) is 17.2 Å². The predicted molar refractivity (Wildman–Crippen MR) is 95.3 cm³/mol. The van der Waals surface area contributed by atoms with Gasteiger partial charge in [-0.05, 0) is 31.2 Å². The Morgan fingerprint density at radius 3 is 2.48 bits per heavy atom. The first-order chi connectivity index (χ1) is 12.2. The maximum atomic E-state index is 11.8. The van der Waals surface area contributed by atoms with Crippen molar-refractivity contribution in [1.82, 2.24) is 10.3 Å². The Labute approximate surface area is 146 Å². The fourth-order valence-corrected chi connectivity index (χ4v) is 2.40. The van der Waals surface area contributed by atoms with Crippen LogP contribution in [0.3, 0.4) is 0 Å². The topological polar surface area (TPSA) is 64.4 Å². The van der Waals surface area contributed by atoms with E-state index >= 15 is 0 Å². The molecular weight excluding hydrogens is 316 g/mol. The first-order valence-corrected chi connectivity index (χ1v) is 8.18. The molecule has 5 nitrogen and oxygen atoms in total. The minimum Gasteiger partial charge on any atom is -0.484 e. The van der Waals surface area contributed by atoms with Gasteiger partial charge in [0.05, 0.1) is 5.69 Å². The van der Waals surface area contributed by atoms with Gasteiger partial charge in [-0.25, -0.2) is 4.98 Å². The molecule has 0 spiro atoms. The fraction of sp³-hybridized carbons (Fsp3) is 0.200. The molecule has 1 heterocycles. The van der Waals surface area contributed by atoms with Gasteiger partial charge in [0.1, 0.15) is 11.5 Å². The number of carbonyl (C=O) groups excluding carboxylic acids is 1. The summed E-state index contributed by atoms with van der Waals surface area (Å²) in [7, 11) is 0. The number of hydrogen-bond acceptors (Lipinski definition) is 4. The molecule has 25 heavy (non-hydrogen) atoms. The molecule has 3 rings (SSSR count). The number of carbonyl (C=O) groups is 1. The maximum Gasteiger partial charge on any atom is 0.257 e. The summed E-state index contributed by atoms with van der Waals surface area (Å²) in [6.45, 7) is 2.37. The fourth-order valence-electron chi connectivity index (χ4n) is 2.40. The van der Waals surface area contributed by atoms with Crippen LogP contribution in [0.1, 0.15) is 11.5 Å². The van der Waals surface area contributed by atoms with Crippen LogP contribution in [0.4, 0.5) is 0 Å². The molecule has 3 aromatic rings. The molecule has 0 aliphatic carbocycles. The Morgan fingerprint density at radius 2 is 1.76 bits per heavy atom. The zero-order chi connectivity index (χ0) is 17.5. The van der Waals surface area contributed by atoms with E-state index in [1.165, 1.54) is 0 Å². The van der Waals surface area contributed by atoms with Gasteiger partial charge in [0.2, 0.25) is 5.89 Å². The quantitative estimate of drug-likeness (QED) is 0.718. The Bertz CT molecular complexity index is 813. The molecule has 5 heteroatoms. The van der Waals surface area contributed by atoms with E-state index in [2.05, 4.69) is 10.3 Å². The molecule has 1 N–H and O–H groups in total. The van der Waals surface area contributed by atoms with Crippen molar-refractivity contribution in [3.05, 3.63) is 72.1 Å². The molecule has 1 amide bonds. The summed E-state index contributed by atoms with van der Waals surface area (Å²) < 4.78 is 11.1. The average molecular weight is 336 g/mol. The van der Waals surface area contributed by atoms with Crippen LogP contribution in [0.25, 0.3) is 11.5 Å². The number of para-hydroxylation sites is 1. The Kier molecular flexibility index (Phi) is 5.46. The van der Waals surface area contributed by atoms with Crippen molar-refractivity contribution in [2.24, 2.45) is 0 Å². The molecule has 0 saturated heterocycles. The van der Waals surface area contributed by atoms with Gasteiger partial charge in [-0.15, -0.1) is 0 Å². The third-order valence-corrected chi connectivity index (χ3v) is 3.71. The smallest absolute Gasteiger partial charge is 0.257 e. The average Bonchev–Trinajstić information content (AvgIpc) is 3.02. The van der Waals surface area contributed by atoms with Gasteiger partial charge in [0.25, 0.3) is 5.91 Å². The van der Waals surface area contributed by atoms with Crippen LogP contribution < -0.4 is 10.1 Å². The molecule has 128 valence electrons. The van der Waals surface area contributed by atoms with E-state index in [4.69, 9.17) is 9.15 Å². The molecule has 0 aliphatic rings. The lowest BCUT2D eigenvalue weighted by atomic mass is 10.2. The Morgan fingerprint density at radius 1 is 1.08 bits per heavy atom. The van der Waals surface area contributed by atoms with Crippen molar-refractivity contribution in [1.29, 1.82) is 0 Å². The van der Waals surface area contributed by atoms with E-state index in [0.717, 1.165) is 17.0 Å². The lowest BCUT2D eigenvalue weighted by Gasteiger charge is -2.06. The van der Waals surface area contributed by atoms with Crippen molar-refractivity contribution in [2.45, 2.75) is 13.3 Å². The van der Waals surface area contributed by atoms with Gasteiger partial charge in [-0.2, -0.15) is 0 Å². The largest absolute Gasteiger partial charge is 0.484 e. The standard InChI is InChI=1S/C20H20N2O3/c1-15-18(22-20(25-15)16-8-4-2-5-9-16)12-13-21-19(23)14-24-17-10-6-3-7-11-17/h2-11H,12-14H2,1H3,(H,21,23). The molecule has 2 aromatic carbocycles. The van der Waals surface area contributed by atoms with E-state index in [-0.39, 0.29) is 12.5 Å². The molecule has 0 radical (unpaired) electrons. The minimum absolute atomic E-state index is 0.00290. The third kappa shape index (κ3) is 4.70. The molecule has 0 aliphatic heterocycles. The zero-order valence-corrected chi connectivity index (χ0v) is 14.1. The number of aryl methyl sites for hydroxylation is 1. The van der Waals surface area contributed by atoms with Crippen molar-refractivity contribution in [3.63, 3.8) is 0 Å². The lowest BCUT2D eigenvalue weighted by Crippen LogP contribution is -2.30. The second kappa shape index (κ2) is 8.15. The van der Waals surface area contributed by atoms with E-state index in [1.54, 1.807) is 0 Å². The van der Waals surface area contributed by atoms with Crippen LogP contribution in [0.5, 0.6) is 5.75 Å². The highest BCUT2D eigenvalue weighted by Crippen LogP contribution is 2.21. The van der Waals surface area contributed by atoms with Crippen LogP contribution in [0, 0.1) is 6.92 Å². The number of aromatic nitrogens is 1. The van der Waals surface area contributed by atoms with Gasteiger partial charge in [0.15, 0.2) is 6.61 Å². The number of nitrogens with one attached hydrogen (secondary N) is 1. The molecule has 1 aromatic heterocycles. The van der Waals surface area contributed by atoms with Crippen molar-refractivity contribution >= 4 is 5.91 Å². The van der Waals surface area contributed by atoms with Crippen LogP contribution in [-0.2, 0) is 11.2 Å². The molecule has 0 unspecified atom stereocenters. The molecule has 0 bridgehead atoms. The van der Waals surface area contributed by atoms with Crippen molar-refractivity contribution < 1.29 is 13.9 Å². The second-order valence-electron chi connectivity index (χ2n) is 5.59. The van der Waals surface area contributed by atoms with Gasteiger partial charge in [-0.1, -0.05) is 36.4 Å². The number of rotatable bonds is 7. The highest BCUT2D eigenvalue weighted by molar-refractivity contribution is 5.77. The zero-order valence-electron chi connectivity index (χ0n) is 14.1.